The van der Waals surface area contributed by atoms with Gasteiger partial charge in [-0.15, -0.1) is 0 Å². The first kappa shape index (κ1) is 18.3. The molecule has 1 unspecified atom stereocenters. The monoisotopic (exact) mass is 447 g/mol. The molecule has 1 aliphatic rings. The summed E-state index contributed by atoms with van der Waals surface area (Å²) in [5, 5.41) is 0.732. The number of fused-ring (bicyclic) bond motifs is 1. The minimum Gasteiger partial charge on any atom is -0.370 e. The lowest BCUT2D eigenvalue weighted by atomic mass is 10.1. The van der Waals surface area contributed by atoms with E-state index in [0.29, 0.717) is 19.7 Å². The number of ether oxygens (including phenoxy) is 1. The second kappa shape index (κ2) is 7.18. The molecule has 0 bridgehead atoms. The Hall–Kier alpha value is -2.03. The Labute approximate surface area is 166 Å². The standard InChI is InChI=1S/C19H18BrN3O3S/c1-27(24,25)15-5-6-17-16(10-15)19(22-12-21-17)23-7-8-26-18(11-23)13-3-2-4-14(20)9-13/h2-6,9-10,12,18H,7-8,11H2,1H3. The molecule has 1 aromatic heterocycles. The Kier molecular flexibility index (Phi) is 4.88. The van der Waals surface area contributed by atoms with Crippen molar-refractivity contribution in [3.63, 3.8) is 0 Å². The van der Waals surface area contributed by atoms with Crippen LogP contribution >= 0.6 is 15.9 Å². The summed E-state index contributed by atoms with van der Waals surface area (Å²) in [7, 11) is -3.30. The predicted octanol–water partition coefficient (Wildman–Crippen LogP) is 3.37. The van der Waals surface area contributed by atoms with Crippen LogP contribution in [0.4, 0.5) is 5.82 Å². The fourth-order valence-electron chi connectivity index (χ4n) is 3.25. The van der Waals surface area contributed by atoms with E-state index in [1.807, 2.05) is 24.3 Å². The van der Waals surface area contributed by atoms with Crippen LogP contribution in [0.5, 0.6) is 0 Å². The first-order valence-corrected chi connectivity index (χ1v) is 11.2. The molecule has 0 spiro atoms. The fourth-order valence-corrected chi connectivity index (χ4v) is 4.32. The summed E-state index contributed by atoms with van der Waals surface area (Å²) in [6.07, 6.45) is 2.64. The maximum atomic E-state index is 12.0. The number of halogens is 1. The molecule has 140 valence electrons. The molecular weight excluding hydrogens is 430 g/mol. The van der Waals surface area contributed by atoms with Gasteiger partial charge in [-0.3, -0.25) is 0 Å². The van der Waals surface area contributed by atoms with Gasteiger partial charge in [-0.25, -0.2) is 18.4 Å². The third-order valence-electron chi connectivity index (χ3n) is 4.60. The first-order valence-electron chi connectivity index (χ1n) is 8.49. The Morgan fingerprint density at radius 3 is 2.81 bits per heavy atom. The van der Waals surface area contributed by atoms with E-state index < -0.39 is 9.84 Å². The molecule has 6 nitrogen and oxygen atoms in total. The first-order chi connectivity index (χ1) is 12.9. The quantitative estimate of drug-likeness (QED) is 0.612. The van der Waals surface area contributed by atoms with Gasteiger partial charge in [-0.05, 0) is 35.9 Å². The average Bonchev–Trinajstić information content (AvgIpc) is 2.66. The van der Waals surface area contributed by atoms with E-state index in [2.05, 4.69) is 30.8 Å². The van der Waals surface area contributed by atoms with Crippen LogP contribution in [0.15, 0.2) is 58.2 Å². The van der Waals surface area contributed by atoms with E-state index in [1.165, 1.54) is 12.6 Å². The molecule has 1 saturated heterocycles. The number of morpholine rings is 1. The van der Waals surface area contributed by atoms with Crippen molar-refractivity contribution in [1.82, 2.24) is 9.97 Å². The molecule has 0 N–H and O–H groups in total. The largest absolute Gasteiger partial charge is 0.370 e. The molecule has 4 rings (SSSR count). The van der Waals surface area contributed by atoms with Crippen LogP contribution in [0, 0.1) is 0 Å². The zero-order valence-electron chi connectivity index (χ0n) is 14.7. The second-order valence-corrected chi connectivity index (χ2v) is 9.44. The number of nitrogens with zero attached hydrogens (tertiary/aromatic N) is 3. The molecule has 2 aromatic carbocycles. The molecule has 0 aliphatic carbocycles. The molecule has 3 aromatic rings. The molecule has 0 amide bonds. The molecule has 1 atom stereocenters. The number of rotatable bonds is 3. The molecule has 0 saturated carbocycles. The van der Waals surface area contributed by atoms with E-state index in [0.717, 1.165) is 26.8 Å². The number of aromatic nitrogens is 2. The number of anilines is 1. The third kappa shape index (κ3) is 3.83. The zero-order valence-corrected chi connectivity index (χ0v) is 17.1. The van der Waals surface area contributed by atoms with Gasteiger partial charge in [0.2, 0.25) is 0 Å². The van der Waals surface area contributed by atoms with Crippen molar-refractivity contribution in [3.8, 4) is 0 Å². The van der Waals surface area contributed by atoms with Crippen molar-refractivity contribution in [2.24, 2.45) is 0 Å². The van der Waals surface area contributed by atoms with Gasteiger partial charge in [0.1, 0.15) is 18.2 Å². The normalized spacial score (nSPS) is 18.0. The van der Waals surface area contributed by atoms with Crippen molar-refractivity contribution in [3.05, 3.63) is 58.8 Å². The highest BCUT2D eigenvalue weighted by atomic mass is 79.9. The van der Waals surface area contributed by atoms with Crippen LogP contribution in [-0.4, -0.2) is 44.3 Å². The smallest absolute Gasteiger partial charge is 0.175 e. The highest BCUT2D eigenvalue weighted by Crippen LogP contribution is 2.31. The van der Waals surface area contributed by atoms with Crippen LogP contribution in [-0.2, 0) is 14.6 Å². The van der Waals surface area contributed by atoms with E-state index in [1.54, 1.807) is 18.2 Å². The van der Waals surface area contributed by atoms with E-state index >= 15 is 0 Å². The van der Waals surface area contributed by atoms with Gasteiger partial charge in [0, 0.05) is 29.2 Å². The Balaban J connectivity index is 1.73. The highest BCUT2D eigenvalue weighted by Gasteiger charge is 2.25. The number of hydrogen-bond donors (Lipinski definition) is 0. The molecule has 1 aliphatic heterocycles. The van der Waals surface area contributed by atoms with Gasteiger partial charge in [0.25, 0.3) is 0 Å². The Morgan fingerprint density at radius 1 is 1.19 bits per heavy atom. The molecule has 2 heterocycles. The molecule has 27 heavy (non-hydrogen) atoms. The molecule has 8 heteroatoms. The number of benzene rings is 2. The van der Waals surface area contributed by atoms with Gasteiger partial charge in [-0.1, -0.05) is 28.1 Å². The Morgan fingerprint density at radius 2 is 2.04 bits per heavy atom. The summed E-state index contributed by atoms with van der Waals surface area (Å²) in [6, 6.07) is 13.0. The lowest BCUT2D eigenvalue weighted by Gasteiger charge is -2.34. The summed E-state index contributed by atoms with van der Waals surface area (Å²) in [5.41, 5.74) is 1.81. The summed E-state index contributed by atoms with van der Waals surface area (Å²) >= 11 is 3.50. The minimum atomic E-state index is -3.30. The van der Waals surface area contributed by atoms with Gasteiger partial charge in [0.05, 0.1) is 17.0 Å². The molecule has 1 fully saturated rings. The average molecular weight is 448 g/mol. The lowest BCUT2D eigenvalue weighted by Crippen LogP contribution is -2.39. The van der Waals surface area contributed by atoms with Crippen LogP contribution in [0.25, 0.3) is 10.9 Å². The van der Waals surface area contributed by atoms with Crippen LogP contribution < -0.4 is 4.90 Å². The molecular formula is C19H18BrN3O3S. The maximum absolute atomic E-state index is 12.0. The SMILES string of the molecule is CS(=O)(=O)c1ccc2ncnc(N3CCOC(c4cccc(Br)c4)C3)c2c1. The van der Waals surface area contributed by atoms with E-state index in [9.17, 15) is 8.42 Å². The summed E-state index contributed by atoms with van der Waals surface area (Å²) in [4.78, 5) is 11.1. The Bertz CT molecular complexity index is 1100. The molecule has 0 radical (unpaired) electrons. The van der Waals surface area contributed by atoms with Gasteiger partial charge in [-0.2, -0.15) is 0 Å². The van der Waals surface area contributed by atoms with Crippen molar-refractivity contribution in [2.45, 2.75) is 11.0 Å². The fraction of sp³-hybridized carbons (Fsp3) is 0.263. The maximum Gasteiger partial charge on any atom is 0.175 e. The lowest BCUT2D eigenvalue weighted by molar-refractivity contribution is 0.0396. The second-order valence-electron chi connectivity index (χ2n) is 6.51. The van der Waals surface area contributed by atoms with E-state index in [-0.39, 0.29) is 11.0 Å². The summed E-state index contributed by atoms with van der Waals surface area (Å²) in [5.74, 6) is 0.730. The minimum absolute atomic E-state index is 0.0839. The third-order valence-corrected chi connectivity index (χ3v) is 6.20. The van der Waals surface area contributed by atoms with Gasteiger partial charge >= 0.3 is 0 Å². The summed E-state index contributed by atoms with van der Waals surface area (Å²) in [6.45, 7) is 1.87. The number of sulfone groups is 1. The predicted molar refractivity (Wildman–Crippen MR) is 108 cm³/mol. The van der Waals surface area contributed by atoms with Crippen LogP contribution in [0.3, 0.4) is 0 Å². The van der Waals surface area contributed by atoms with Crippen molar-refractivity contribution < 1.29 is 13.2 Å². The summed E-state index contributed by atoms with van der Waals surface area (Å²) < 4.78 is 30.9. The highest BCUT2D eigenvalue weighted by molar-refractivity contribution is 9.10. The van der Waals surface area contributed by atoms with E-state index in [4.69, 9.17) is 4.74 Å². The van der Waals surface area contributed by atoms with Crippen molar-refractivity contribution in [2.75, 3.05) is 30.9 Å². The number of hydrogen-bond acceptors (Lipinski definition) is 6. The zero-order chi connectivity index (χ0) is 19.0. The van der Waals surface area contributed by atoms with Gasteiger partial charge < -0.3 is 9.64 Å². The van der Waals surface area contributed by atoms with Crippen LogP contribution in [0.1, 0.15) is 11.7 Å². The van der Waals surface area contributed by atoms with Crippen molar-refractivity contribution in [1.29, 1.82) is 0 Å². The van der Waals surface area contributed by atoms with Crippen LogP contribution in [0.2, 0.25) is 0 Å². The van der Waals surface area contributed by atoms with Crippen molar-refractivity contribution >= 4 is 42.5 Å². The topological polar surface area (TPSA) is 72.4 Å². The van der Waals surface area contributed by atoms with Gasteiger partial charge in [0.15, 0.2) is 9.84 Å².